The third-order valence-electron chi connectivity index (χ3n) is 1.61. The first-order valence-electron chi connectivity index (χ1n) is 4.09. The molecule has 0 atom stereocenters. The van der Waals surface area contributed by atoms with E-state index in [0.717, 1.165) is 0 Å². The maximum atomic E-state index is 5.61. The Balaban J connectivity index is 2.76. The molecule has 1 aromatic rings. The molecule has 14 heavy (non-hydrogen) atoms. The lowest BCUT2D eigenvalue weighted by atomic mass is 10.3. The van der Waals surface area contributed by atoms with Gasteiger partial charge in [0, 0.05) is 17.3 Å². The molecular weight excluding hydrogens is 202 g/mol. The topological polar surface area (TPSA) is 44.5 Å². The summed E-state index contributed by atoms with van der Waals surface area (Å²) in [5, 5.41) is 0. The number of nitrogen functional groups attached to an aromatic ring is 1. The fourth-order valence-electron chi connectivity index (χ4n) is 0.980. The van der Waals surface area contributed by atoms with Gasteiger partial charge >= 0.3 is 0 Å². The molecule has 2 N–H and O–H groups in total. The summed E-state index contributed by atoms with van der Waals surface area (Å²) in [5.74, 6) is 1.27. The molecule has 0 bridgehead atoms. The summed E-state index contributed by atoms with van der Waals surface area (Å²) in [6.45, 7) is 0.392. The van der Waals surface area contributed by atoms with Crippen LogP contribution in [0.4, 0.5) is 5.69 Å². The van der Waals surface area contributed by atoms with Crippen LogP contribution in [0.1, 0.15) is 0 Å². The van der Waals surface area contributed by atoms with Crippen molar-refractivity contribution in [3.8, 4) is 11.5 Å². The highest BCUT2D eigenvalue weighted by atomic mass is 35.5. The number of rotatable bonds is 4. The molecule has 0 amide bonds. The first kappa shape index (κ1) is 10.7. The average Bonchev–Trinajstić information content (AvgIpc) is 2.19. The zero-order valence-electron chi connectivity index (χ0n) is 7.87. The lowest BCUT2D eigenvalue weighted by Crippen LogP contribution is -1.97. The van der Waals surface area contributed by atoms with Gasteiger partial charge in [0.05, 0.1) is 7.11 Å². The van der Waals surface area contributed by atoms with Gasteiger partial charge < -0.3 is 15.2 Å². The minimum absolute atomic E-state index is 0.392. The number of nitrogens with two attached hydrogens (primary N) is 1. The monoisotopic (exact) mass is 213 g/mol. The predicted molar refractivity (Wildman–Crippen MR) is 57.9 cm³/mol. The molecule has 76 valence electrons. The van der Waals surface area contributed by atoms with Crippen LogP contribution in [0, 0.1) is 0 Å². The van der Waals surface area contributed by atoms with Crippen LogP contribution >= 0.6 is 11.6 Å². The molecule has 0 saturated heterocycles. The Bertz CT molecular complexity index is 326. The molecule has 0 fully saturated rings. The Hall–Kier alpha value is -1.35. The lowest BCUT2D eigenvalue weighted by Gasteiger charge is -2.09. The molecule has 0 saturated carbocycles. The van der Waals surface area contributed by atoms with Crippen molar-refractivity contribution in [1.29, 1.82) is 0 Å². The number of ether oxygens (including phenoxy) is 2. The summed E-state index contributed by atoms with van der Waals surface area (Å²) >= 11 is 5.36. The minimum atomic E-state index is 0.392. The van der Waals surface area contributed by atoms with Crippen molar-refractivity contribution in [2.75, 3.05) is 19.5 Å². The van der Waals surface area contributed by atoms with Crippen LogP contribution in [0.2, 0.25) is 0 Å². The van der Waals surface area contributed by atoms with E-state index in [0.29, 0.717) is 23.8 Å². The number of benzene rings is 1. The van der Waals surface area contributed by atoms with Crippen molar-refractivity contribution in [3.63, 3.8) is 0 Å². The molecule has 1 aromatic carbocycles. The van der Waals surface area contributed by atoms with Crippen LogP contribution in [0.15, 0.2) is 29.8 Å². The number of methoxy groups -OCH3 is 1. The highest BCUT2D eigenvalue weighted by molar-refractivity contribution is 6.25. The van der Waals surface area contributed by atoms with Crippen molar-refractivity contribution in [2.24, 2.45) is 0 Å². The molecule has 0 spiro atoms. The fraction of sp³-hybridized carbons (Fsp3) is 0.200. The first-order valence-corrected chi connectivity index (χ1v) is 4.53. The normalized spacial score (nSPS) is 10.4. The summed E-state index contributed by atoms with van der Waals surface area (Å²) in [6.07, 6.45) is 1.68. The van der Waals surface area contributed by atoms with Crippen LogP contribution in [0.3, 0.4) is 0 Å². The van der Waals surface area contributed by atoms with E-state index in [2.05, 4.69) is 0 Å². The SMILES string of the molecule is COc1ccc(N)cc1OC/C=C/Cl. The van der Waals surface area contributed by atoms with Crippen LogP contribution in [0.25, 0.3) is 0 Å². The largest absolute Gasteiger partial charge is 0.493 e. The Kier molecular flexibility index (Phi) is 4.13. The Morgan fingerprint density at radius 1 is 1.43 bits per heavy atom. The van der Waals surface area contributed by atoms with Crippen molar-refractivity contribution in [3.05, 3.63) is 29.8 Å². The van der Waals surface area contributed by atoms with E-state index in [4.69, 9.17) is 26.8 Å². The predicted octanol–water partition coefficient (Wildman–Crippen LogP) is 2.41. The average molecular weight is 214 g/mol. The smallest absolute Gasteiger partial charge is 0.163 e. The number of halogens is 1. The van der Waals surface area contributed by atoms with Gasteiger partial charge in [-0.1, -0.05) is 11.6 Å². The van der Waals surface area contributed by atoms with Gasteiger partial charge in [-0.05, 0) is 18.2 Å². The summed E-state index contributed by atoms with van der Waals surface area (Å²) in [5.41, 5.74) is 7.64. The standard InChI is InChI=1S/C10H12ClNO2/c1-13-9-4-3-8(12)7-10(9)14-6-2-5-11/h2-5,7H,6,12H2,1H3/b5-2+. The second-order valence-corrected chi connectivity index (χ2v) is 2.83. The molecule has 4 heteroatoms. The van der Waals surface area contributed by atoms with Crippen molar-refractivity contribution >= 4 is 17.3 Å². The maximum absolute atomic E-state index is 5.61. The van der Waals surface area contributed by atoms with Crippen LogP contribution < -0.4 is 15.2 Å². The quantitative estimate of drug-likeness (QED) is 0.782. The second-order valence-electron chi connectivity index (χ2n) is 2.58. The molecular formula is C10H12ClNO2. The summed E-state index contributed by atoms with van der Waals surface area (Å²) in [7, 11) is 1.58. The molecule has 0 aliphatic rings. The van der Waals surface area contributed by atoms with Crippen molar-refractivity contribution < 1.29 is 9.47 Å². The first-order chi connectivity index (χ1) is 6.77. The van der Waals surface area contributed by atoms with E-state index in [9.17, 15) is 0 Å². The molecule has 0 aliphatic carbocycles. The number of hydrogen-bond acceptors (Lipinski definition) is 3. The van der Waals surface area contributed by atoms with Crippen LogP contribution in [-0.4, -0.2) is 13.7 Å². The zero-order valence-corrected chi connectivity index (χ0v) is 8.62. The van der Waals surface area contributed by atoms with Crippen LogP contribution in [0.5, 0.6) is 11.5 Å². The Labute approximate surface area is 88.1 Å². The Morgan fingerprint density at radius 2 is 2.21 bits per heavy atom. The van der Waals surface area contributed by atoms with Gasteiger partial charge in [0.15, 0.2) is 11.5 Å². The molecule has 3 nitrogen and oxygen atoms in total. The van der Waals surface area contributed by atoms with E-state index in [1.807, 2.05) is 0 Å². The maximum Gasteiger partial charge on any atom is 0.163 e. The Morgan fingerprint density at radius 3 is 2.86 bits per heavy atom. The molecule has 0 aromatic heterocycles. The van der Waals surface area contributed by atoms with Crippen molar-refractivity contribution in [1.82, 2.24) is 0 Å². The van der Waals surface area contributed by atoms with Gasteiger partial charge in [0.1, 0.15) is 6.61 Å². The fourth-order valence-corrected chi connectivity index (χ4v) is 1.05. The summed E-state index contributed by atoms with van der Waals surface area (Å²) in [6, 6.07) is 5.22. The second kappa shape index (κ2) is 5.40. The van der Waals surface area contributed by atoms with Crippen molar-refractivity contribution in [2.45, 2.75) is 0 Å². The van der Waals surface area contributed by atoms with Gasteiger partial charge in [0.25, 0.3) is 0 Å². The molecule has 0 radical (unpaired) electrons. The highest BCUT2D eigenvalue weighted by Crippen LogP contribution is 2.28. The number of hydrogen-bond donors (Lipinski definition) is 1. The third kappa shape index (κ3) is 2.85. The minimum Gasteiger partial charge on any atom is -0.493 e. The van der Waals surface area contributed by atoms with Gasteiger partial charge in [-0.25, -0.2) is 0 Å². The van der Waals surface area contributed by atoms with Gasteiger partial charge in [-0.2, -0.15) is 0 Å². The van der Waals surface area contributed by atoms with E-state index in [-0.39, 0.29) is 0 Å². The summed E-state index contributed by atoms with van der Waals surface area (Å²) in [4.78, 5) is 0. The van der Waals surface area contributed by atoms with Gasteiger partial charge in [-0.3, -0.25) is 0 Å². The molecule has 0 aliphatic heterocycles. The molecule has 1 rings (SSSR count). The third-order valence-corrected chi connectivity index (χ3v) is 1.79. The molecule has 0 unspecified atom stereocenters. The summed E-state index contributed by atoms with van der Waals surface area (Å²) < 4.78 is 10.5. The lowest BCUT2D eigenvalue weighted by molar-refractivity contribution is 0.326. The van der Waals surface area contributed by atoms with E-state index < -0.39 is 0 Å². The zero-order chi connectivity index (χ0) is 10.4. The van der Waals surface area contributed by atoms with E-state index in [1.54, 1.807) is 31.4 Å². The van der Waals surface area contributed by atoms with E-state index in [1.165, 1.54) is 5.54 Å². The van der Waals surface area contributed by atoms with E-state index >= 15 is 0 Å². The van der Waals surface area contributed by atoms with Gasteiger partial charge in [0.2, 0.25) is 0 Å². The van der Waals surface area contributed by atoms with Gasteiger partial charge in [-0.15, -0.1) is 0 Å². The van der Waals surface area contributed by atoms with Crippen LogP contribution in [-0.2, 0) is 0 Å². The highest BCUT2D eigenvalue weighted by Gasteiger charge is 2.02. The molecule has 0 heterocycles. The number of anilines is 1.